The number of allylic oxidation sites excluding steroid dienone is 1. The van der Waals surface area contributed by atoms with Gasteiger partial charge in [-0.25, -0.2) is 9.78 Å². The van der Waals surface area contributed by atoms with Crippen LogP contribution in [-0.2, 0) is 19.1 Å². The van der Waals surface area contributed by atoms with Crippen molar-refractivity contribution in [1.82, 2.24) is 26.0 Å². The molecule has 0 spiro atoms. The number of alkyl carbamates (subject to hydrolysis) is 1. The number of rotatable bonds is 7. The first-order chi connectivity index (χ1) is 24.4. The molecule has 272 valence electrons. The molecule has 1 saturated heterocycles. The van der Waals surface area contributed by atoms with Gasteiger partial charge in [0, 0.05) is 12.3 Å². The van der Waals surface area contributed by atoms with Gasteiger partial charge in [0.25, 0.3) is 11.1 Å². The summed E-state index contributed by atoms with van der Waals surface area (Å²) in [5.41, 5.74) is 1.22. The lowest BCUT2D eigenvalue weighted by atomic mass is 10.0. The average Bonchev–Trinajstić information content (AvgIpc) is 3.40. The number of nitrogens with one attached hydrogen (secondary N) is 3. The number of aromatic nitrogens is 1. The van der Waals surface area contributed by atoms with Gasteiger partial charge in [0.1, 0.15) is 35.1 Å². The number of amides is 4. The molecule has 2 fully saturated rings. The van der Waals surface area contributed by atoms with Crippen LogP contribution in [0.25, 0.3) is 10.2 Å². The fourth-order valence-electron chi connectivity index (χ4n) is 6.50. The second-order valence-corrected chi connectivity index (χ2v) is 15.2. The molecule has 1 saturated carbocycles. The van der Waals surface area contributed by atoms with Gasteiger partial charge in [-0.3, -0.25) is 14.4 Å². The van der Waals surface area contributed by atoms with E-state index in [2.05, 4.69) is 21.1 Å². The molecular weight excluding hydrogens is 675 g/mol. The zero-order chi connectivity index (χ0) is 36.2. The maximum atomic E-state index is 14.4. The minimum atomic E-state index is -1.27. The van der Waals surface area contributed by atoms with Crippen molar-refractivity contribution in [3.63, 3.8) is 0 Å². The van der Waals surface area contributed by atoms with Crippen molar-refractivity contribution in [3.8, 4) is 16.7 Å². The van der Waals surface area contributed by atoms with E-state index >= 15 is 0 Å². The van der Waals surface area contributed by atoms with Crippen LogP contribution in [0.4, 0.5) is 4.79 Å². The number of nitrogens with zero attached hydrogens (tertiary/aromatic N) is 2. The molecule has 2 aromatic carbocycles. The van der Waals surface area contributed by atoms with Gasteiger partial charge < -0.3 is 34.6 Å². The Morgan fingerprint density at radius 2 is 1.86 bits per heavy atom. The highest BCUT2D eigenvalue weighted by Gasteiger charge is 2.61. The van der Waals surface area contributed by atoms with Crippen molar-refractivity contribution in [3.05, 3.63) is 60.7 Å². The Labute approximate surface area is 301 Å². The van der Waals surface area contributed by atoms with Crippen LogP contribution in [0.1, 0.15) is 65.7 Å². The van der Waals surface area contributed by atoms with E-state index in [1.54, 1.807) is 52.1 Å². The highest BCUT2D eigenvalue weighted by Crippen LogP contribution is 2.45. The first-order valence-corrected chi connectivity index (χ1v) is 18.2. The predicted molar refractivity (Wildman–Crippen MR) is 190 cm³/mol. The normalized spacial score (nSPS) is 26.0. The lowest BCUT2D eigenvalue weighted by Gasteiger charge is -2.30. The molecule has 3 aromatic rings. The Hall–Kier alpha value is -4.85. The Morgan fingerprint density at radius 1 is 1.06 bits per heavy atom. The Balaban J connectivity index is 1.27. The highest BCUT2D eigenvalue weighted by atomic mass is 32.1. The Kier molecular flexibility index (Phi) is 10.7. The maximum absolute atomic E-state index is 14.4. The minimum absolute atomic E-state index is 0.0717. The molecule has 1 aliphatic carbocycles. The average molecular weight is 720 g/mol. The number of para-hydroxylation sites is 1. The number of hydrogen-bond acceptors (Lipinski definition) is 10. The van der Waals surface area contributed by atoms with E-state index in [0.29, 0.717) is 36.0 Å². The third kappa shape index (κ3) is 8.73. The Bertz CT molecular complexity index is 1780. The van der Waals surface area contributed by atoms with Crippen molar-refractivity contribution in [2.75, 3.05) is 13.7 Å². The van der Waals surface area contributed by atoms with Crippen LogP contribution < -0.4 is 30.4 Å². The molecular formula is C37H45N5O8S. The van der Waals surface area contributed by atoms with Gasteiger partial charge >= 0.3 is 6.09 Å². The maximum Gasteiger partial charge on any atom is 0.408 e. The zero-order valence-corrected chi connectivity index (χ0v) is 30.1. The summed E-state index contributed by atoms with van der Waals surface area (Å²) >= 11 is 1.34. The molecule has 2 aliphatic heterocycles. The van der Waals surface area contributed by atoms with Crippen molar-refractivity contribution >= 4 is 45.4 Å². The first kappa shape index (κ1) is 36.0. The number of fused-ring (bicyclic) bond motifs is 3. The van der Waals surface area contributed by atoms with Crippen LogP contribution in [0.2, 0.25) is 0 Å². The molecule has 3 N–H and O–H groups in total. The fraction of sp³-hybridized carbons (Fsp3) is 0.486. The first-order valence-electron chi connectivity index (χ1n) is 17.4. The van der Waals surface area contributed by atoms with E-state index in [1.807, 2.05) is 36.4 Å². The van der Waals surface area contributed by atoms with Crippen molar-refractivity contribution in [2.24, 2.45) is 5.92 Å². The number of carbonyl (C=O) groups excluding carboxylic acids is 4. The lowest BCUT2D eigenvalue weighted by Crippen LogP contribution is -2.58. The van der Waals surface area contributed by atoms with Crippen LogP contribution >= 0.6 is 11.3 Å². The molecule has 3 heterocycles. The van der Waals surface area contributed by atoms with Gasteiger partial charge in [-0.2, -0.15) is 5.48 Å². The molecule has 4 amide bonds. The van der Waals surface area contributed by atoms with Gasteiger partial charge in [0.05, 0.1) is 23.9 Å². The smallest absolute Gasteiger partial charge is 0.408 e. The summed E-state index contributed by atoms with van der Waals surface area (Å²) in [6.07, 6.45) is 6.71. The van der Waals surface area contributed by atoms with Crippen molar-refractivity contribution < 1.29 is 38.2 Å². The second-order valence-electron chi connectivity index (χ2n) is 14.2. The van der Waals surface area contributed by atoms with Crippen molar-refractivity contribution in [1.29, 1.82) is 0 Å². The van der Waals surface area contributed by atoms with E-state index in [4.69, 9.17) is 19.0 Å². The van der Waals surface area contributed by atoms with Gasteiger partial charge in [0.15, 0.2) is 5.75 Å². The Morgan fingerprint density at radius 3 is 2.63 bits per heavy atom. The molecule has 3 aliphatic rings. The summed E-state index contributed by atoms with van der Waals surface area (Å²) in [7, 11) is 1.59. The van der Waals surface area contributed by atoms with E-state index in [-0.39, 0.29) is 18.9 Å². The lowest BCUT2D eigenvalue weighted by molar-refractivity contribution is -0.142. The van der Waals surface area contributed by atoms with Crippen LogP contribution in [0, 0.1) is 5.92 Å². The van der Waals surface area contributed by atoms with E-state index in [0.717, 1.165) is 29.5 Å². The van der Waals surface area contributed by atoms with Crippen LogP contribution in [0.3, 0.4) is 0 Å². The van der Waals surface area contributed by atoms with Crippen LogP contribution in [-0.4, -0.2) is 76.7 Å². The summed E-state index contributed by atoms with van der Waals surface area (Å²) in [5.74, 6) is -0.535. The zero-order valence-electron chi connectivity index (χ0n) is 29.3. The van der Waals surface area contributed by atoms with E-state index < -0.39 is 53.1 Å². The molecule has 0 radical (unpaired) electrons. The molecule has 14 heteroatoms. The monoisotopic (exact) mass is 719 g/mol. The molecule has 51 heavy (non-hydrogen) atoms. The number of carbonyl (C=O) groups is 4. The highest BCUT2D eigenvalue weighted by molar-refractivity contribution is 7.20. The number of methoxy groups -OCH3 is 1. The standard InChI is InChI=1S/C37H45N5O8S/c1-36(2,3)49-34(46)38-28-16-12-7-5-6-9-13-23-21-37(23,33(45)41-50-24-14-10-8-11-15-24)40-31(43)29-19-26(22-42(29)32(28)44)48-35-39-27-18-17-25(47-4)20-30(27)51-35/h8-11,13-15,17-18,20,23,26,28-29H,5-7,12,16,19,21-22H2,1-4H3,(H,38,46)(H,40,43)(H,41,45)/b13-9-/t23-,26-,28+,29+,37-/m1/s1. The minimum Gasteiger partial charge on any atom is -0.497 e. The summed E-state index contributed by atoms with van der Waals surface area (Å²) in [4.78, 5) is 66.9. The molecule has 1 aromatic heterocycles. The second kappa shape index (κ2) is 15.2. The molecule has 5 atom stereocenters. The summed E-state index contributed by atoms with van der Waals surface area (Å²) in [5, 5.41) is 6.16. The van der Waals surface area contributed by atoms with Gasteiger partial charge in [-0.1, -0.05) is 54.5 Å². The number of ether oxygens (including phenoxy) is 3. The van der Waals surface area contributed by atoms with E-state index in [9.17, 15) is 19.2 Å². The quantitative estimate of drug-likeness (QED) is 0.225. The topological polar surface area (TPSA) is 157 Å². The SMILES string of the molecule is COc1ccc2nc(O[C@@H]3C[C@H]4C(=O)N[C@]5(C(=O)NOc6ccccc6)C[C@H]5/C=C\CCCCC[C@H](NC(=O)OC(C)(C)C)C(=O)N4C3)sc2c1. The number of hydroxylamine groups is 1. The third-order valence-electron chi connectivity index (χ3n) is 9.18. The largest absolute Gasteiger partial charge is 0.497 e. The summed E-state index contributed by atoms with van der Waals surface area (Å²) < 4.78 is 18.0. The van der Waals surface area contributed by atoms with Gasteiger partial charge in [0.2, 0.25) is 11.8 Å². The third-order valence-corrected chi connectivity index (χ3v) is 10.1. The van der Waals surface area contributed by atoms with E-state index in [1.165, 1.54) is 16.2 Å². The fourth-order valence-corrected chi connectivity index (χ4v) is 7.41. The van der Waals surface area contributed by atoms with Gasteiger partial charge in [-0.05, 0) is 76.8 Å². The predicted octanol–water partition coefficient (Wildman–Crippen LogP) is 5.05. The molecule has 13 nitrogen and oxygen atoms in total. The van der Waals surface area contributed by atoms with Gasteiger partial charge in [-0.15, -0.1) is 0 Å². The van der Waals surface area contributed by atoms with Crippen molar-refractivity contribution in [2.45, 2.75) is 95.0 Å². The summed E-state index contributed by atoms with van der Waals surface area (Å²) in [6.45, 7) is 5.33. The molecule has 6 rings (SSSR count). The summed E-state index contributed by atoms with van der Waals surface area (Å²) in [6, 6.07) is 12.4. The molecule has 0 bridgehead atoms. The number of thiazole rings is 1. The molecule has 0 unspecified atom stereocenters. The number of hydrogen-bond donors (Lipinski definition) is 3. The number of benzene rings is 2. The van der Waals surface area contributed by atoms with Crippen LogP contribution in [0.5, 0.6) is 16.7 Å². The van der Waals surface area contributed by atoms with Crippen LogP contribution in [0.15, 0.2) is 60.7 Å².